The summed E-state index contributed by atoms with van der Waals surface area (Å²) in [6, 6.07) is 3.02. The van der Waals surface area contributed by atoms with Crippen LogP contribution in [0.3, 0.4) is 0 Å². The Labute approximate surface area is 121 Å². The third-order valence-corrected chi connectivity index (χ3v) is 2.70. The van der Waals surface area contributed by atoms with E-state index in [2.05, 4.69) is 20.6 Å². The Bertz CT molecular complexity index is 626. The van der Waals surface area contributed by atoms with E-state index < -0.39 is 4.92 Å². The molecule has 0 aromatic carbocycles. The number of nitrogens with one attached hydrogen (secondary N) is 2. The van der Waals surface area contributed by atoms with Crippen molar-refractivity contribution in [2.75, 3.05) is 17.2 Å². The number of rotatable bonds is 7. The van der Waals surface area contributed by atoms with Gasteiger partial charge >= 0.3 is 5.69 Å². The van der Waals surface area contributed by atoms with Crippen LogP contribution in [0.5, 0.6) is 0 Å². The molecule has 112 valence electrons. The molecule has 0 atom stereocenters. The average molecular weight is 291 g/mol. The summed E-state index contributed by atoms with van der Waals surface area (Å²) in [7, 11) is 0. The van der Waals surface area contributed by atoms with Crippen LogP contribution in [0.1, 0.15) is 25.0 Å². The Balaban J connectivity index is 2.15. The van der Waals surface area contributed by atoms with Gasteiger partial charge in [-0.15, -0.1) is 0 Å². The molecule has 8 nitrogen and oxygen atoms in total. The van der Waals surface area contributed by atoms with Gasteiger partial charge in [0, 0.05) is 12.6 Å². The molecule has 0 radical (unpaired) electrons. The van der Waals surface area contributed by atoms with Gasteiger partial charge in [-0.1, -0.05) is 6.92 Å². The predicted octanol–water partition coefficient (Wildman–Crippen LogP) is 2.72. The third-order valence-electron chi connectivity index (χ3n) is 2.70. The number of aromatic nitrogens is 2. The minimum atomic E-state index is -0.472. The zero-order valence-electron chi connectivity index (χ0n) is 11.9. The first kappa shape index (κ1) is 14.8. The second kappa shape index (κ2) is 6.69. The van der Waals surface area contributed by atoms with Gasteiger partial charge in [-0.25, -0.2) is 9.97 Å². The van der Waals surface area contributed by atoms with E-state index in [1.807, 2.05) is 6.92 Å². The number of pyridine rings is 1. The highest BCUT2D eigenvalue weighted by Crippen LogP contribution is 2.24. The molecule has 2 heterocycles. The van der Waals surface area contributed by atoms with E-state index in [0.29, 0.717) is 17.5 Å². The molecule has 0 aliphatic carbocycles. The standard InChI is InChI=1S/C13H17N5O3/c1-3-6-14-11-5-4-10(18(19)20)13(17-11)16-8-12-15-7-9(2)21-12/h4-5,7H,3,6,8H2,1-2H3,(H2,14,16,17). The molecular weight excluding hydrogens is 274 g/mol. The molecular formula is C13H17N5O3. The van der Waals surface area contributed by atoms with Gasteiger partial charge in [0.15, 0.2) is 0 Å². The minimum Gasteiger partial charge on any atom is -0.444 e. The second-order valence-corrected chi connectivity index (χ2v) is 4.47. The Morgan fingerprint density at radius 2 is 2.19 bits per heavy atom. The van der Waals surface area contributed by atoms with Crippen molar-refractivity contribution < 1.29 is 9.34 Å². The van der Waals surface area contributed by atoms with E-state index in [1.54, 1.807) is 19.2 Å². The lowest BCUT2D eigenvalue weighted by Crippen LogP contribution is -2.08. The van der Waals surface area contributed by atoms with Crippen LogP contribution in [0.25, 0.3) is 0 Å². The van der Waals surface area contributed by atoms with E-state index in [4.69, 9.17) is 4.42 Å². The summed E-state index contributed by atoms with van der Waals surface area (Å²) in [5, 5.41) is 17.0. The normalized spacial score (nSPS) is 10.4. The molecule has 8 heteroatoms. The van der Waals surface area contributed by atoms with Crippen LogP contribution in [0, 0.1) is 17.0 Å². The van der Waals surface area contributed by atoms with Gasteiger partial charge in [-0.05, 0) is 19.4 Å². The van der Waals surface area contributed by atoms with E-state index in [9.17, 15) is 10.1 Å². The maximum atomic E-state index is 11.0. The van der Waals surface area contributed by atoms with Crippen LogP contribution in [-0.4, -0.2) is 21.4 Å². The molecule has 0 saturated heterocycles. The molecule has 2 aromatic heterocycles. The van der Waals surface area contributed by atoms with Crippen molar-refractivity contribution >= 4 is 17.3 Å². The number of oxazole rings is 1. The minimum absolute atomic E-state index is 0.0830. The van der Waals surface area contributed by atoms with Crippen molar-refractivity contribution in [3.63, 3.8) is 0 Å². The van der Waals surface area contributed by atoms with Crippen LogP contribution >= 0.6 is 0 Å². The predicted molar refractivity (Wildman–Crippen MR) is 78.2 cm³/mol. The summed E-state index contributed by atoms with van der Waals surface area (Å²) in [5.41, 5.74) is -0.0830. The number of nitro groups is 1. The van der Waals surface area contributed by atoms with Crippen molar-refractivity contribution in [1.29, 1.82) is 0 Å². The molecule has 0 fully saturated rings. The summed E-state index contributed by atoms with van der Waals surface area (Å²) in [4.78, 5) is 18.8. The smallest absolute Gasteiger partial charge is 0.311 e. The third kappa shape index (κ3) is 3.91. The molecule has 2 N–H and O–H groups in total. The van der Waals surface area contributed by atoms with Crippen molar-refractivity contribution in [2.45, 2.75) is 26.8 Å². The Hall–Kier alpha value is -2.64. The molecule has 0 bridgehead atoms. The molecule has 0 spiro atoms. The van der Waals surface area contributed by atoms with Crippen LogP contribution in [0.4, 0.5) is 17.3 Å². The molecule has 0 unspecified atom stereocenters. The molecule has 0 aliphatic rings. The van der Waals surface area contributed by atoms with Crippen LogP contribution in [-0.2, 0) is 6.54 Å². The van der Waals surface area contributed by atoms with Crippen molar-refractivity contribution in [1.82, 2.24) is 9.97 Å². The molecule has 0 aliphatic heterocycles. The topological polar surface area (TPSA) is 106 Å². The summed E-state index contributed by atoms with van der Waals surface area (Å²) in [5.74, 6) is 1.92. The van der Waals surface area contributed by atoms with E-state index in [-0.39, 0.29) is 18.1 Å². The monoisotopic (exact) mass is 291 g/mol. The lowest BCUT2D eigenvalue weighted by Gasteiger charge is -2.08. The number of hydrogen-bond acceptors (Lipinski definition) is 7. The second-order valence-electron chi connectivity index (χ2n) is 4.47. The highest BCUT2D eigenvalue weighted by Gasteiger charge is 2.16. The average Bonchev–Trinajstić information content (AvgIpc) is 2.88. The first-order valence-corrected chi connectivity index (χ1v) is 6.64. The molecule has 2 aromatic rings. The van der Waals surface area contributed by atoms with E-state index in [1.165, 1.54) is 6.07 Å². The number of nitrogens with zero attached hydrogens (tertiary/aromatic N) is 3. The fourth-order valence-electron chi connectivity index (χ4n) is 1.72. The largest absolute Gasteiger partial charge is 0.444 e. The molecule has 2 rings (SSSR count). The van der Waals surface area contributed by atoms with Gasteiger partial charge < -0.3 is 15.1 Å². The summed E-state index contributed by atoms with van der Waals surface area (Å²) < 4.78 is 5.31. The van der Waals surface area contributed by atoms with Crippen molar-refractivity contribution in [3.8, 4) is 0 Å². The van der Waals surface area contributed by atoms with Crippen LogP contribution in [0.15, 0.2) is 22.7 Å². The quantitative estimate of drug-likeness (QED) is 0.596. The van der Waals surface area contributed by atoms with Gasteiger partial charge in [0.2, 0.25) is 11.7 Å². The SMILES string of the molecule is CCCNc1ccc([N+](=O)[O-])c(NCc2ncc(C)o2)n1. The van der Waals surface area contributed by atoms with E-state index in [0.717, 1.165) is 13.0 Å². The summed E-state index contributed by atoms with van der Waals surface area (Å²) >= 11 is 0. The fourth-order valence-corrected chi connectivity index (χ4v) is 1.72. The zero-order valence-corrected chi connectivity index (χ0v) is 11.9. The first-order valence-electron chi connectivity index (χ1n) is 6.64. The van der Waals surface area contributed by atoms with Gasteiger partial charge in [-0.2, -0.15) is 0 Å². The maximum absolute atomic E-state index is 11.0. The van der Waals surface area contributed by atoms with Crippen LogP contribution < -0.4 is 10.6 Å². The van der Waals surface area contributed by atoms with Gasteiger partial charge in [0.25, 0.3) is 0 Å². The van der Waals surface area contributed by atoms with E-state index >= 15 is 0 Å². The number of aryl methyl sites for hydroxylation is 1. The Kier molecular flexibility index (Phi) is 4.70. The van der Waals surface area contributed by atoms with Crippen molar-refractivity contribution in [2.24, 2.45) is 0 Å². The molecule has 21 heavy (non-hydrogen) atoms. The highest BCUT2D eigenvalue weighted by molar-refractivity contribution is 5.60. The molecule has 0 amide bonds. The summed E-state index contributed by atoms with van der Waals surface area (Å²) in [6.45, 7) is 4.80. The summed E-state index contributed by atoms with van der Waals surface area (Å²) in [6.07, 6.45) is 2.54. The number of anilines is 2. The van der Waals surface area contributed by atoms with Gasteiger partial charge in [-0.3, -0.25) is 10.1 Å². The zero-order chi connectivity index (χ0) is 15.2. The lowest BCUT2D eigenvalue weighted by atomic mass is 10.3. The highest BCUT2D eigenvalue weighted by atomic mass is 16.6. The van der Waals surface area contributed by atoms with Crippen molar-refractivity contribution in [3.05, 3.63) is 40.1 Å². The Morgan fingerprint density at radius 1 is 1.38 bits per heavy atom. The first-order chi connectivity index (χ1) is 10.1. The number of hydrogen-bond donors (Lipinski definition) is 2. The lowest BCUT2D eigenvalue weighted by molar-refractivity contribution is -0.384. The maximum Gasteiger partial charge on any atom is 0.311 e. The fraction of sp³-hybridized carbons (Fsp3) is 0.385. The van der Waals surface area contributed by atoms with Gasteiger partial charge in [0.1, 0.15) is 11.6 Å². The van der Waals surface area contributed by atoms with Gasteiger partial charge in [0.05, 0.1) is 17.7 Å². The Morgan fingerprint density at radius 3 is 2.81 bits per heavy atom. The molecule has 0 saturated carbocycles. The van der Waals surface area contributed by atoms with Crippen LogP contribution in [0.2, 0.25) is 0 Å².